The van der Waals surface area contributed by atoms with Gasteiger partial charge in [-0.05, 0) is 54.9 Å². The Kier molecular flexibility index (Phi) is 6.82. The lowest BCUT2D eigenvalue weighted by Crippen LogP contribution is -2.33. The van der Waals surface area contributed by atoms with Crippen LogP contribution in [0, 0.1) is 22.0 Å². The number of unbranched alkanes of at least 4 members (excludes halogenated alkanes) is 1. The zero-order chi connectivity index (χ0) is 17.7. The number of nitro benzene ring substituents is 1. The highest BCUT2D eigenvalue weighted by Gasteiger charge is 2.43. The van der Waals surface area contributed by atoms with E-state index < -0.39 is 0 Å². The van der Waals surface area contributed by atoms with Crippen LogP contribution in [0.3, 0.4) is 0 Å². The van der Waals surface area contributed by atoms with Crippen LogP contribution >= 0.6 is 0 Å². The molecule has 4 atom stereocenters. The molecular formula is C21H33NO2. The molecule has 3 heteroatoms. The molecule has 134 valence electrons. The third-order valence-corrected chi connectivity index (χ3v) is 6.06. The molecule has 0 radical (unpaired) electrons. The molecule has 1 aromatic rings. The Morgan fingerprint density at radius 2 is 1.62 bits per heavy atom. The number of hydrogen-bond donors (Lipinski definition) is 0. The second-order valence-corrected chi connectivity index (χ2v) is 7.33. The van der Waals surface area contributed by atoms with Gasteiger partial charge in [-0.2, -0.15) is 0 Å². The number of nitro groups is 1. The Hall–Kier alpha value is -1.38. The maximum absolute atomic E-state index is 11.7. The van der Waals surface area contributed by atoms with Crippen LogP contribution in [0.5, 0.6) is 0 Å². The minimum atomic E-state index is -0.163. The Morgan fingerprint density at radius 1 is 0.958 bits per heavy atom. The maximum Gasteiger partial charge on any atom is 0.273 e. The van der Waals surface area contributed by atoms with Crippen LogP contribution < -0.4 is 0 Å². The standard InChI is InChI=1S/C21H33NO2/c1-5-9-12-18-15(7-3)19-13-10-14-20(22(23)24)21(19)16(8-4)17(18)11-6-2/h10,13-18H,5-9,11-12H2,1-4H3. The number of benzene rings is 1. The third-order valence-electron chi connectivity index (χ3n) is 6.06. The normalized spacial score (nSPS) is 26.2. The summed E-state index contributed by atoms with van der Waals surface area (Å²) in [6, 6.07) is 5.77. The molecule has 1 aromatic carbocycles. The number of rotatable bonds is 8. The van der Waals surface area contributed by atoms with Gasteiger partial charge in [-0.1, -0.05) is 59.1 Å². The van der Waals surface area contributed by atoms with Crippen molar-refractivity contribution in [1.29, 1.82) is 0 Å². The summed E-state index contributed by atoms with van der Waals surface area (Å²) in [6.07, 6.45) is 8.19. The summed E-state index contributed by atoms with van der Waals surface area (Å²) < 4.78 is 0. The molecule has 0 amide bonds. The molecule has 0 spiro atoms. The van der Waals surface area contributed by atoms with Crippen molar-refractivity contribution in [2.24, 2.45) is 11.8 Å². The van der Waals surface area contributed by atoms with Gasteiger partial charge in [0.1, 0.15) is 0 Å². The minimum Gasteiger partial charge on any atom is -0.258 e. The van der Waals surface area contributed by atoms with E-state index in [1.807, 2.05) is 6.07 Å². The molecule has 2 rings (SSSR count). The zero-order valence-electron chi connectivity index (χ0n) is 15.8. The number of fused-ring (bicyclic) bond motifs is 1. The monoisotopic (exact) mass is 331 g/mol. The second-order valence-electron chi connectivity index (χ2n) is 7.33. The SMILES string of the molecule is CCCCC1C(CC)c2cccc([N+](=O)[O-])c2C(CC)C1CCC. The van der Waals surface area contributed by atoms with Gasteiger partial charge in [0.25, 0.3) is 5.69 Å². The Morgan fingerprint density at radius 3 is 2.17 bits per heavy atom. The first-order chi connectivity index (χ1) is 11.6. The highest BCUT2D eigenvalue weighted by molar-refractivity contribution is 5.51. The van der Waals surface area contributed by atoms with Gasteiger partial charge in [0.2, 0.25) is 0 Å². The Bertz CT molecular complexity index is 555. The van der Waals surface area contributed by atoms with Crippen LogP contribution in [-0.4, -0.2) is 4.92 Å². The smallest absolute Gasteiger partial charge is 0.258 e. The van der Waals surface area contributed by atoms with Gasteiger partial charge < -0.3 is 0 Å². The highest BCUT2D eigenvalue weighted by Crippen LogP contribution is 2.54. The van der Waals surface area contributed by atoms with E-state index in [0.29, 0.717) is 29.4 Å². The molecule has 3 nitrogen and oxygen atoms in total. The van der Waals surface area contributed by atoms with Crippen molar-refractivity contribution in [2.45, 2.75) is 84.5 Å². The third kappa shape index (κ3) is 3.50. The van der Waals surface area contributed by atoms with Gasteiger partial charge >= 0.3 is 0 Å². The maximum atomic E-state index is 11.7. The van der Waals surface area contributed by atoms with E-state index >= 15 is 0 Å². The van der Waals surface area contributed by atoms with Crippen molar-refractivity contribution >= 4 is 5.69 Å². The molecule has 1 aliphatic carbocycles. The predicted molar refractivity (Wildman–Crippen MR) is 101 cm³/mol. The fourth-order valence-corrected chi connectivity index (χ4v) is 5.13. The molecule has 1 aliphatic rings. The summed E-state index contributed by atoms with van der Waals surface area (Å²) in [5.74, 6) is 2.08. The topological polar surface area (TPSA) is 43.1 Å². The molecule has 0 saturated carbocycles. The van der Waals surface area contributed by atoms with Crippen molar-refractivity contribution in [3.05, 3.63) is 39.4 Å². The molecule has 24 heavy (non-hydrogen) atoms. The molecule has 0 saturated heterocycles. The Labute approximate surface area is 147 Å². The molecule has 0 N–H and O–H groups in total. The summed E-state index contributed by atoms with van der Waals surface area (Å²) in [4.78, 5) is 11.5. The van der Waals surface area contributed by atoms with E-state index in [0.717, 1.165) is 24.8 Å². The summed E-state index contributed by atoms with van der Waals surface area (Å²) in [6.45, 7) is 8.96. The first kappa shape index (κ1) is 19.0. The number of hydrogen-bond acceptors (Lipinski definition) is 2. The average molecular weight is 332 g/mol. The van der Waals surface area contributed by atoms with E-state index in [4.69, 9.17) is 0 Å². The molecule has 0 aromatic heterocycles. The second kappa shape index (κ2) is 8.64. The van der Waals surface area contributed by atoms with Crippen molar-refractivity contribution in [3.8, 4) is 0 Å². The van der Waals surface area contributed by atoms with Gasteiger partial charge in [0.05, 0.1) is 4.92 Å². The predicted octanol–water partition coefficient (Wildman–Crippen LogP) is 6.82. The van der Waals surface area contributed by atoms with Gasteiger partial charge in [-0.15, -0.1) is 0 Å². The van der Waals surface area contributed by atoms with Crippen LogP contribution in [0.25, 0.3) is 0 Å². The lowest BCUT2D eigenvalue weighted by Gasteiger charge is -2.44. The molecule has 4 unspecified atom stereocenters. The zero-order valence-corrected chi connectivity index (χ0v) is 15.8. The van der Waals surface area contributed by atoms with E-state index in [1.54, 1.807) is 6.07 Å². The lowest BCUT2D eigenvalue weighted by molar-refractivity contribution is -0.386. The van der Waals surface area contributed by atoms with Gasteiger partial charge in [-0.25, -0.2) is 0 Å². The van der Waals surface area contributed by atoms with E-state index in [-0.39, 0.29) is 4.92 Å². The fourth-order valence-electron chi connectivity index (χ4n) is 5.13. The number of nitrogens with zero attached hydrogens (tertiary/aromatic N) is 1. The quantitative estimate of drug-likeness (QED) is 0.387. The molecule has 0 fully saturated rings. The van der Waals surface area contributed by atoms with Gasteiger partial charge in [-0.3, -0.25) is 10.1 Å². The molecule has 0 aliphatic heterocycles. The first-order valence-electron chi connectivity index (χ1n) is 9.87. The summed E-state index contributed by atoms with van der Waals surface area (Å²) in [5.41, 5.74) is 2.68. The van der Waals surface area contributed by atoms with E-state index in [2.05, 4.69) is 33.8 Å². The minimum absolute atomic E-state index is 0.163. The lowest BCUT2D eigenvalue weighted by atomic mass is 9.59. The van der Waals surface area contributed by atoms with Crippen molar-refractivity contribution in [2.75, 3.05) is 0 Å². The van der Waals surface area contributed by atoms with Crippen molar-refractivity contribution in [3.63, 3.8) is 0 Å². The van der Waals surface area contributed by atoms with Crippen LogP contribution in [0.4, 0.5) is 5.69 Å². The van der Waals surface area contributed by atoms with E-state index in [1.165, 1.54) is 31.2 Å². The molecule has 0 bridgehead atoms. The largest absolute Gasteiger partial charge is 0.273 e. The molecular weight excluding hydrogens is 298 g/mol. The summed E-state index contributed by atoms with van der Waals surface area (Å²) in [7, 11) is 0. The van der Waals surface area contributed by atoms with Gasteiger partial charge in [0.15, 0.2) is 0 Å². The van der Waals surface area contributed by atoms with Crippen molar-refractivity contribution in [1.82, 2.24) is 0 Å². The van der Waals surface area contributed by atoms with Gasteiger partial charge in [0, 0.05) is 11.6 Å². The average Bonchev–Trinajstić information content (AvgIpc) is 2.59. The highest BCUT2D eigenvalue weighted by atomic mass is 16.6. The van der Waals surface area contributed by atoms with Crippen LogP contribution in [0.2, 0.25) is 0 Å². The first-order valence-corrected chi connectivity index (χ1v) is 9.87. The fraction of sp³-hybridized carbons (Fsp3) is 0.714. The summed E-state index contributed by atoms with van der Waals surface area (Å²) in [5, 5.41) is 11.7. The van der Waals surface area contributed by atoms with Crippen LogP contribution in [0.15, 0.2) is 18.2 Å². The van der Waals surface area contributed by atoms with Crippen LogP contribution in [-0.2, 0) is 0 Å². The molecule has 0 heterocycles. The van der Waals surface area contributed by atoms with Crippen molar-refractivity contribution < 1.29 is 4.92 Å². The van der Waals surface area contributed by atoms with Crippen LogP contribution in [0.1, 0.15) is 95.6 Å². The van der Waals surface area contributed by atoms with E-state index in [9.17, 15) is 10.1 Å². The Balaban J connectivity index is 2.59. The summed E-state index contributed by atoms with van der Waals surface area (Å²) >= 11 is 0.